The summed E-state index contributed by atoms with van der Waals surface area (Å²) < 4.78 is 44.0. The number of hydrogen-bond donors (Lipinski definition) is 1. The van der Waals surface area contributed by atoms with Crippen molar-refractivity contribution in [2.24, 2.45) is 0 Å². The Morgan fingerprint density at radius 2 is 1.37 bits per heavy atom. The molecule has 0 aliphatic rings. The van der Waals surface area contributed by atoms with Crippen molar-refractivity contribution in [1.82, 2.24) is 4.72 Å². The first-order valence-electron chi connectivity index (χ1n) is 13.4. The van der Waals surface area contributed by atoms with Gasteiger partial charge < -0.3 is 8.85 Å². The van der Waals surface area contributed by atoms with Gasteiger partial charge in [0.25, 0.3) is 0 Å². The Morgan fingerprint density at radius 1 is 0.921 bits per heavy atom. The minimum Gasteiger partial charge on any atom is -0.411 e. The molecule has 1 aromatic carbocycles. The van der Waals surface area contributed by atoms with Crippen molar-refractivity contribution in [2.45, 2.75) is 134 Å². The average molecular weight is 580 g/mol. The van der Waals surface area contributed by atoms with E-state index in [-0.39, 0.29) is 26.8 Å². The summed E-state index contributed by atoms with van der Waals surface area (Å²) in [6.07, 6.45) is 6.54. The molecule has 8 heteroatoms. The average Bonchev–Trinajstić information content (AvgIpc) is 2.73. The van der Waals surface area contributed by atoms with E-state index >= 15 is 0 Å². The molecule has 0 saturated heterocycles. The zero-order valence-electron chi connectivity index (χ0n) is 26.2. The number of benzene rings is 1. The number of sulfonamides is 1. The van der Waals surface area contributed by atoms with Crippen molar-refractivity contribution in [3.63, 3.8) is 0 Å². The van der Waals surface area contributed by atoms with Crippen molar-refractivity contribution in [2.75, 3.05) is 0 Å². The first-order chi connectivity index (χ1) is 16.9. The second kappa shape index (κ2) is 12.1. The van der Waals surface area contributed by atoms with E-state index in [4.69, 9.17) is 15.3 Å². The van der Waals surface area contributed by atoms with E-state index < -0.39 is 44.9 Å². The fourth-order valence-electron chi connectivity index (χ4n) is 3.43. The van der Waals surface area contributed by atoms with Crippen LogP contribution in [0.2, 0.25) is 36.3 Å². The van der Waals surface area contributed by atoms with Crippen LogP contribution in [0.15, 0.2) is 41.8 Å². The summed E-state index contributed by atoms with van der Waals surface area (Å²) in [5.41, 5.74) is 0.975. The molecule has 0 radical (unpaired) electrons. The summed E-state index contributed by atoms with van der Waals surface area (Å²) in [6.45, 7) is 31.8. The van der Waals surface area contributed by atoms with E-state index in [0.29, 0.717) is 0 Å². The van der Waals surface area contributed by atoms with Gasteiger partial charge in [0.05, 0.1) is 23.1 Å². The zero-order valence-corrected chi connectivity index (χ0v) is 29.0. The van der Waals surface area contributed by atoms with E-state index in [0.717, 1.165) is 5.56 Å². The molecule has 0 bridgehead atoms. The fraction of sp³-hybridized carbons (Fsp3) is 0.667. The first-order valence-corrected chi connectivity index (χ1v) is 20.7. The lowest BCUT2D eigenvalue weighted by Crippen LogP contribution is -2.58. The molecule has 0 saturated carbocycles. The third kappa shape index (κ3) is 8.90. The number of terminal acetylenes is 1. The van der Waals surface area contributed by atoms with Crippen molar-refractivity contribution >= 4 is 26.7 Å². The molecule has 1 aromatic rings. The van der Waals surface area contributed by atoms with Gasteiger partial charge >= 0.3 is 0 Å². The number of nitrogens with one attached hydrogen (secondary N) is 1. The summed E-state index contributed by atoms with van der Waals surface area (Å²) in [7, 11) is -8.53. The number of rotatable bonds is 11. The van der Waals surface area contributed by atoms with Gasteiger partial charge in [-0.3, -0.25) is 0 Å². The van der Waals surface area contributed by atoms with Crippen molar-refractivity contribution in [3.05, 3.63) is 42.5 Å². The van der Waals surface area contributed by atoms with Gasteiger partial charge in [0.15, 0.2) is 16.6 Å². The third-order valence-electron chi connectivity index (χ3n) is 8.12. The molecule has 5 nitrogen and oxygen atoms in total. The molecule has 0 aromatic heterocycles. The highest BCUT2D eigenvalue weighted by Gasteiger charge is 2.46. The molecule has 0 spiro atoms. The molecule has 0 aliphatic heterocycles. The molecule has 0 amide bonds. The van der Waals surface area contributed by atoms with E-state index in [1.807, 2.05) is 12.1 Å². The molecular weight excluding hydrogens is 527 g/mol. The topological polar surface area (TPSA) is 64.6 Å². The Kier molecular flexibility index (Phi) is 11.1. The smallest absolute Gasteiger partial charge is 0.241 e. The lowest BCUT2D eigenvalue weighted by Gasteiger charge is -2.45. The molecule has 216 valence electrons. The molecule has 1 N–H and O–H groups in total. The van der Waals surface area contributed by atoms with Crippen LogP contribution in [-0.2, 0) is 24.3 Å². The lowest BCUT2D eigenvalue weighted by molar-refractivity contribution is 0.0849. The van der Waals surface area contributed by atoms with Crippen LogP contribution in [0.4, 0.5) is 0 Å². The molecule has 3 atom stereocenters. The first kappa shape index (κ1) is 34.8. The van der Waals surface area contributed by atoms with Gasteiger partial charge in [0.2, 0.25) is 10.0 Å². The van der Waals surface area contributed by atoms with Crippen LogP contribution in [0, 0.1) is 12.3 Å². The lowest BCUT2D eigenvalue weighted by atomic mass is 9.87. The standard InChI is InChI=1S/C30H53NO4SSi2/c1-16-18-26(35-38(14,15)30(9,10)11)27(25(17-2)34-37(12,13)29(6,7)8)31-36(32,33)24-21-19-23(20-22-24)28(3,4)5/h1,17,19-22,25-27,31H,2,18H2,3-15H3/t25-,26-,27-/m1/s1. The highest BCUT2D eigenvalue weighted by Crippen LogP contribution is 2.40. The van der Waals surface area contributed by atoms with Crippen LogP contribution in [-0.4, -0.2) is 43.3 Å². The quantitative estimate of drug-likeness (QED) is 0.166. The van der Waals surface area contributed by atoms with Gasteiger partial charge in [0, 0.05) is 6.42 Å². The summed E-state index contributed by atoms with van der Waals surface area (Å²) in [5.74, 6) is 2.73. The van der Waals surface area contributed by atoms with Crippen molar-refractivity contribution in [3.8, 4) is 12.3 Å². The molecule has 0 heterocycles. The highest BCUT2D eigenvalue weighted by atomic mass is 32.2. The maximum Gasteiger partial charge on any atom is 0.241 e. The Balaban J connectivity index is 3.64. The van der Waals surface area contributed by atoms with Crippen LogP contribution in [0.25, 0.3) is 0 Å². The van der Waals surface area contributed by atoms with Crippen LogP contribution in [0.1, 0.15) is 74.3 Å². The minimum absolute atomic E-state index is 0.0810. The number of hydrogen-bond acceptors (Lipinski definition) is 4. The molecule has 1 rings (SSSR count). The van der Waals surface area contributed by atoms with Gasteiger partial charge in [-0.2, -0.15) is 0 Å². The molecule has 0 unspecified atom stereocenters. The monoisotopic (exact) mass is 579 g/mol. The van der Waals surface area contributed by atoms with Crippen LogP contribution >= 0.6 is 0 Å². The molecule has 0 fully saturated rings. The van der Waals surface area contributed by atoms with Gasteiger partial charge in [-0.1, -0.05) is 80.5 Å². The van der Waals surface area contributed by atoms with E-state index in [1.54, 1.807) is 18.2 Å². The van der Waals surface area contributed by atoms with E-state index in [1.165, 1.54) is 0 Å². The summed E-state index contributed by atoms with van der Waals surface area (Å²) in [5, 5.41) is -0.168. The Hall–Kier alpha value is -1.22. The maximum atomic E-state index is 13.8. The largest absolute Gasteiger partial charge is 0.411 e. The van der Waals surface area contributed by atoms with E-state index in [9.17, 15) is 8.42 Å². The van der Waals surface area contributed by atoms with Gasteiger partial charge in [-0.15, -0.1) is 18.9 Å². The molecule has 38 heavy (non-hydrogen) atoms. The van der Waals surface area contributed by atoms with Gasteiger partial charge in [-0.05, 0) is 59.4 Å². The summed E-state index contributed by atoms with van der Waals surface area (Å²) in [4.78, 5) is 0.192. The summed E-state index contributed by atoms with van der Waals surface area (Å²) in [6, 6.07) is 6.29. The van der Waals surface area contributed by atoms with Crippen LogP contribution in [0.5, 0.6) is 0 Å². The molecular formula is C30H53NO4SSi2. The predicted molar refractivity (Wildman–Crippen MR) is 167 cm³/mol. The predicted octanol–water partition coefficient (Wildman–Crippen LogP) is 7.62. The van der Waals surface area contributed by atoms with Crippen LogP contribution < -0.4 is 4.72 Å². The SMILES string of the molecule is C#CC[C@@H](O[Si](C)(C)C(C)(C)C)[C@H](NS(=O)(=O)c1ccc(C(C)(C)C)cc1)[C@@H](C=C)O[Si](C)(C)C(C)(C)C. The summed E-state index contributed by atoms with van der Waals surface area (Å²) >= 11 is 0. The van der Waals surface area contributed by atoms with Gasteiger partial charge in [0.1, 0.15) is 0 Å². The zero-order chi connectivity index (χ0) is 30.0. The second-order valence-corrected chi connectivity index (χ2v) is 25.6. The maximum absolute atomic E-state index is 13.8. The Morgan fingerprint density at radius 3 is 1.74 bits per heavy atom. The Labute approximate surface area is 236 Å². The van der Waals surface area contributed by atoms with E-state index in [2.05, 4.69) is 106 Å². The van der Waals surface area contributed by atoms with Crippen LogP contribution in [0.3, 0.4) is 0 Å². The third-order valence-corrected chi connectivity index (χ3v) is 18.6. The normalized spacial score (nSPS) is 16.4. The fourth-order valence-corrected chi connectivity index (χ4v) is 7.33. The Bertz CT molecular complexity index is 1080. The minimum atomic E-state index is -3.92. The molecule has 0 aliphatic carbocycles. The van der Waals surface area contributed by atoms with Crippen molar-refractivity contribution < 1.29 is 17.3 Å². The van der Waals surface area contributed by atoms with Crippen molar-refractivity contribution in [1.29, 1.82) is 0 Å². The highest BCUT2D eigenvalue weighted by molar-refractivity contribution is 7.89. The van der Waals surface area contributed by atoms with Gasteiger partial charge in [-0.25, -0.2) is 13.1 Å². The second-order valence-electron chi connectivity index (χ2n) is 14.3.